The summed E-state index contributed by atoms with van der Waals surface area (Å²) in [6.45, 7) is 0. The van der Waals surface area contributed by atoms with Crippen LogP contribution in [0.15, 0.2) is 29.3 Å². The number of hydrogen-bond acceptors (Lipinski definition) is 3. The lowest BCUT2D eigenvalue weighted by molar-refractivity contribution is 0.756. The van der Waals surface area contributed by atoms with Gasteiger partial charge in [-0.1, -0.05) is 12.8 Å². The van der Waals surface area contributed by atoms with E-state index in [1.165, 1.54) is 32.0 Å². The quantitative estimate of drug-likeness (QED) is 0.830. The van der Waals surface area contributed by atoms with Crippen LogP contribution < -0.4 is 10.9 Å². The summed E-state index contributed by atoms with van der Waals surface area (Å²) >= 11 is 0. The highest BCUT2D eigenvalue weighted by Crippen LogP contribution is 2.23. The second-order valence-electron chi connectivity index (χ2n) is 4.59. The number of fused-ring (bicyclic) bond motifs is 1. The molecule has 0 aliphatic heterocycles. The van der Waals surface area contributed by atoms with E-state index in [0.29, 0.717) is 11.4 Å². The summed E-state index contributed by atoms with van der Waals surface area (Å²) in [6.07, 6.45) is 6.54. The van der Waals surface area contributed by atoms with Crippen molar-refractivity contribution in [3.8, 4) is 0 Å². The van der Waals surface area contributed by atoms with Gasteiger partial charge in [-0.2, -0.15) is 0 Å². The molecule has 0 saturated heterocycles. The van der Waals surface area contributed by atoms with Crippen LogP contribution in [-0.2, 0) is 0 Å². The topological polar surface area (TPSA) is 57.8 Å². The molecule has 1 fully saturated rings. The van der Waals surface area contributed by atoms with Gasteiger partial charge in [0, 0.05) is 11.7 Å². The first kappa shape index (κ1) is 10.3. The molecule has 2 N–H and O–H groups in total. The van der Waals surface area contributed by atoms with Crippen molar-refractivity contribution >= 4 is 16.6 Å². The van der Waals surface area contributed by atoms with Crippen LogP contribution in [-0.4, -0.2) is 16.0 Å². The number of anilines is 1. The highest BCUT2D eigenvalue weighted by atomic mass is 16.1. The summed E-state index contributed by atoms with van der Waals surface area (Å²) < 4.78 is 0. The van der Waals surface area contributed by atoms with Crippen LogP contribution in [0.5, 0.6) is 0 Å². The Hall–Kier alpha value is -1.84. The van der Waals surface area contributed by atoms with Gasteiger partial charge in [0.05, 0.1) is 17.2 Å². The van der Waals surface area contributed by atoms with Crippen molar-refractivity contribution in [1.82, 2.24) is 9.97 Å². The molecule has 1 aliphatic carbocycles. The lowest BCUT2D eigenvalue weighted by atomic mass is 10.2. The lowest BCUT2D eigenvalue weighted by Crippen LogP contribution is -2.14. The summed E-state index contributed by atoms with van der Waals surface area (Å²) in [6, 6.07) is 6.31. The fraction of sp³-hybridized carbons (Fsp3) is 0.385. The number of aromatic nitrogens is 2. The van der Waals surface area contributed by atoms with Crippen molar-refractivity contribution in [3.63, 3.8) is 0 Å². The molecule has 0 unspecified atom stereocenters. The van der Waals surface area contributed by atoms with Crippen LogP contribution in [0, 0.1) is 0 Å². The Balaban J connectivity index is 1.93. The third kappa shape index (κ3) is 2.02. The Kier molecular flexibility index (Phi) is 2.55. The zero-order valence-electron chi connectivity index (χ0n) is 9.57. The molecule has 0 spiro atoms. The Morgan fingerprint density at radius 2 is 2.12 bits per heavy atom. The minimum atomic E-state index is -0.0811. The SMILES string of the molecule is O=c1[nH]cnc2cc(NC3CCCC3)ccc12. The first-order valence-corrected chi connectivity index (χ1v) is 6.07. The first-order chi connectivity index (χ1) is 8.33. The van der Waals surface area contributed by atoms with E-state index in [0.717, 1.165) is 11.2 Å². The fourth-order valence-electron chi connectivity index (χ4n) is 2.46. The monoisotopic (exact) mass is 229 g/mol. The molecule has 4 nitrogen and oxygen atoms in total. The van der Waals surface area contributed by atoms with Crippen LogP contribution in [0.25, 0.3) is 10.9 Å². The molecule has 1 aromatic heterocycles. The molecule has 0 atom stereocenters. The van der Waals surface area contributed by atoms with E-state index in [1.54, 1.807) is 0 Å². The molecule has 2 aromatic rings. The molecular formula is C13H15N3O. The molecule has 0 amide bonds. The van der Waals surface area contributed by atoms with E-state index in [2.05, 4.69) is 15.3 Å². The van der Waals surface area contributed by atoms with Crippen LogP contribution in [0.3, 0.4) is 0 Å². The number of rotatable bonds is 2. The van der Waals surface area contributed by atoms with Crippen molar-refractivity contribution < 1.29 is 0 Å². The third-order valence-corrected chi connectivity index (χ3v) is 3.37. The molecule has 1 saturated carbocycles. The number of benzene rings is 1. The van der Waals surface area contributed by atoms with Crippen LogP contribution in [0.2, 0.25) is 0 Å². The van der Waals surface area contributed by atoms with Crippen molar-refractivity contribution in [2.45, 2.75) is 31.7 Å². The Morgan fingerprint density at radius 3 is 2.94 bits per heavy atom. The molecular weight excluding hydrogens is 214 g/mol. The van der Waals surface area contributed by atoms with E-state index in [-0.39, 0.29) is 5.56 Å². The molecule has 4 heteroatoms. The third-order valence-electron chi connectivity index (χ3n) is 3.37. The van der Waals surface area contributed by atoms with Gasteiger partial charge in [-0.3, -0.25) is 4.79 Å². The molecule has 1 aromatic carbocycles. The van der Waals surface area contributed by atoms with Gasteiger partial charge in [0.25, 0.3) is 5.56 Å². The minimum absolute atomic E-state index is 0.0811. The summed E-state index contributed by atoms with van der Waals surface area (Å²) in [4.78, 5) is 18.3. The maximum Gasteiger partial charge on any atom is 0.258 e. The second-order valence-corrected chi connectivity index (χ2v) is 4.59. The Bertz CT molecular complexity index is 584. The number of nitrogens with one attached hydrogen (secondary N) is 2. The normalized spacial score (nSPS) is 16.5. The number of nitrogens with zero attached hydrogens (tertiary/aromatic N) is 1. The fourth-order valence-corrected chi connectivity index (χ4v) is 2.46. The second kappa shape index (κ2) is 4.20. The molecule has 1 heterocycles. The van der Waals surface area contributed by atoms with E-state index in [4.69, 9.17) is 0 Å². The van der Waals surface area contributed by atoms with Gasteiger partial charge in [-0.25, -0.2) is 4.98 Å². The van der Waals surface area contributed by atoms with Crippen LogP contribution in [0.4, 0.5) is 5.69 Å². The van der Waals surface area contributed by atoms with Gasteiger partial charge in [-0.15, -0.1) is 0 Å². The summed E-state index contributed by atoms with van der Waals surface area (Å²) in [5, 5.41) is 4.14. The maximum absolute atomic E-state index is 11.5. The Morgan fingerprint density at radius 1 is 1.29 bits per heavy atom. The smallest absolute Gasteiger partial charge is 0.258 e. The number of hydrogen-bond donors (Lipinski definition) is 2. The van der Waals surface area contributed by atoms with Crippen LogP contribution >= 0.6 is 0 Å². The zero-order valence-corrected chi connectivity index (χ0v) is 9.57. The van der Waals surface area contributed by atoms with Crippen molar-refractivity contribution in [3.05, 3.63) is 34.9 Å². The summed E-state index contributed by atoms with van der Waals surface area (Å²) in [5.41, 5.74) is 1.72. The summed E-state index contributed by atoms with van der Waals surface area (Å²) in [5.74, 6) is 0. The van der Waals surface area contributed by atoms with Gasteiger partial charge in [0.1, 0.15) is 0 Å². The van der Waals surface area contributed by atoms with Gasteiger partial charge in [-0.05, 0) is 31.0 Å². The highest BCUT2D eigenvalue weighted by molar-refractivity contribution is 5.81. The van der Waals surface area contributed by atoms with E-state index in [1.807, 2.05) is 18.2 Å². The molecule has 0 bridgehead atoms. The predicted octanol–water partition coefficient (Wildman–Crippen LogP) is 2.28. The standard InChI is InChI=1S/C13H15N3O/c17-13-11-6-5-10(7-12(11)14-8-15-13)16-9-3-1-2-4-9/h5-9,16H,1-4H2,(H,14,15,17). The lowest BCUT2D eigenvalue weighted by Gasteiger charge is -2.13. The Labute approximate surface area is 99.1 Å². The van der Waals surface area contributed by atoms with E-state index in [9.17, 15) is 4.79 Å². The number of H-pyrrole nitrogens is 1. The maximum atomic E-state index is 11.5. The largest absolute Gasteiger partial charge is 0.382 e. The van der Waals surface area contributed by atoms with E-state index < -0.39 is 0 Å². The van der Waals surface area contributed by atoms with Crippen molar-refractivity contribution in [2.24, 2.45) is 0 Å². The predicted molar refractivity (Wildman–Crippen MR) is 68.2 cm³/mol. The average Bonchev–Trinajstić information content (AvgIpc) is 2.82. The van der Waals surface area contributed by atoms with Crippen LogP contribution in [0.1, 0.15) is 25.7 Å². The molecule has 1 aliphatic rings. The average molecular weight is 229 g/mol. The van der Waals surface area contributed by atoms with Gasteiger partial charge >= 0.3 is 0 Å². The summed E-state index contributed by atoms with van der Waals surface area (Å²) in [7, 11) is 0. The van der Waals surface area contributed by atoms with Crippen molar-refractivity contribution in [2.75, 3.05) is 5.32 Å². The van der Waals surface area contributed by atoms with Crippen molar-refractivity contribution in [1.29, 1.82) is 0 Å². The van der Waals surface area contributed by atoms with Gasteiger partial charge in [0.2, 0.25) is 0 Å². The molecule has 3 rings (SSSR count). The molecule has 0 radical (unpaired) electrons. The first-order valence-electron chi connectivity index (χ1n) is 6.07. The van der Waals surface area contributed by atoms with Gasteiger partial charge < -0.3 is 10.3 Å². The number of aromatic amines is 1. The van der Waals surface area contributed by atoms with Gasteiger partial charge in [0.15, 0.2) is 0 Å². The highest BCUT2D eigenvalue weighted by Gasteiger charge is 2.14. The minimum Gasteiger partial charge on any atom is -0.382 e. The molecule has 17 heavy (non-hydrogen) atoms. The molecule has 88 valence electrons. The zero-order chi connectivity index (χ0) is 11.7. The van der Waals surface area contributed by atoms with E-state index >= 15 is 0 Å².